The van der Waals surface area contributed by atoms with E-state index in [1.54, 1.807) is 6.92 Å². The Balaban J connectivity index is 0.000000119. The topological polar surface area (TPSA) is 313 Å². The van der Waals surface area contributed by atoms with E-state index >= 15 is 0 Å². The Bertz CT molecular complexity index is 6240. The molecule has 10 aromatic heterocycles. The van der Waals surface area contributed by atoms with Gasteiger partial charge in [-0.2, -0.15) is 0 Å². The predicted octanol–water partition coefficient (Wildman–Crippen LogP) is 18.9. The number of aromatic nitrogens is 15. The van der Waals surface area contributed by atoms with Crippen molar-refractivity contribution in [1.82, 2.24) is 115 Å². The molecule has 137 heavy (non-hydrogen) atoms. The van der Waals surface area contributed by atoms with Gasteiger partial charge < -0.3 is 44.9 Å². The Morgan fingerprint density at radius 2 is 0.803 bits per heavy atom. The van der Waals surface area contributed by atoms with Crippen LogP contribution in [0.3, 0.4) is 0 Å². The van der Waals surface area contributed by atoms with E-state index in [9.17, 15) is 14.4 Å². The number of amides is 2. The molecule has 2 amide bonds. The first-order chi connectivity index (χ1) is 67.6. The zero-order valence-corrected chi connectivity index (χ0v) is 79.6. The summed E-state index contributed by atoms with van der Waals surface area (Å²) >= 11 is 0. The van der Waals surface area contributed by atoms with Crippen LogP contribution in [-0.4, -0.2) is 183 Å². The number of carbonyl (C=O) groups excluding carboxylic acids is 3. The molecule has 0 saturated carbocycles. The van der Waals surface area contributed by atoms with Crippen molar-refractivity contribution in [1.29, 1.82) is 0 Å². The largest absolute Gasteiger partial charge is 0.359 e. The third kappa shape index (κ3) is 25.6. The van der Waals surface area contributed by atoms with Crippen LogP contribution < -0.4 is 16.0 Å². The molecule has 7 N–H and O–H groups in total. The lowest BCUT2D eigenvalue weighted by molar-refractivity contribution is -0.119. The summed E-state index contributed by atoms with van der Waals surface area (Å²) in [5, 5.41) is 9.24. The summed E-state index contributed by atoms with van der Waals surface area (Å²) in [6, 6.07) is 64.2. The maximum absolute atomic E-state index is 11.1. The molecule has 0 unspecified atom stereocenters. The monoisotopic (exact) mass is 1840 g/mol. The summed E-state index contributed by atoms with van der Waals surface area (Å²) < 4.78 is 2.36. The van der Waals surface area contributed by atoms with Gasteiger partial charge in [-0.15, -0.1) is 0 Å². The van der Waals surface area contributed by atoms with Crippen LogP contribution in [0.25, 0.3) is 55.2 Å². The number of benzene rings is 5. The second-order valence-electron chi connectivity index (χ2n) is 37.2. The lowest BCUT2D eigenvalue weighted by Crippen LogP contribution is -2.35. The second kappa shape index (κ2) is 49.3. The Labute approximate surface area is 804 Å². The molecule has 27 heteroatoms. The summed E-state index contributed by atoms with van der Waals surface area (Å²) in [5.74, 6) is 5.19. The third-order valence-electron chi connectivity index (χ3n) is 27.7. The molecule has 15 aromatic rings. The van der Waals surface area contributed by atoms with Gasteiger partial charge in [0.25, 0.3) is 0 Å². The molecular formula is C110H134N24O3. The molecule has 21 rings (SSSR count). The number of carbonyl (C=O) groups is 3. The van der Waals surface area contributed by atoms with Crippen LogP contribution in [0.15, 0.2) is 218 Å². The highest BCUT2D eigenvalue weighted by atomic mass is 16.1. The van der Waals surface area contributed by atoms with Gasteiger partial charge in [0.15, 0.2) is 0 Å². The normalized spacial score (nSPS) is 17.4. The van der Waals surface area contributed by atoms with E-state index in [2.05, 4.69) is 174 Å². The van der Waals surface area contributed by atoms with Crippen LogP contribution in [0.1, 0.15) is 251 Å². The van der Waals surface area contributed by atoms with Crippen molar-refractivity contribution in [3.8, 4) is 0 Å². The number of aldehydes is 1. The second-order valence-corrected chi connectivity index (χ2v) is 37.2. The van der Waals surface area contributed by atoms with Crippen molar-refractivity contribution in [3.05, 3.63) is 298 Å². The molecule has 0 radical (unpaired) electrons. The van der Waals surface area contributed by atoms with Crippen molar-refractivity contribution >= 4 is 80.5 Å². The molecule has 27 nitrogen and oxygen atoms in total. The lowest BCUT2D eigenvalue weighted by atomic mass is 9.90. The highest BCUT2D eigenvalue weighted by molar-refractivity contribution is 5.78. The molecule has 712 valence electrons. The number of unbranched alkanes of at least 4 members (excludes halogenated alkanes) is 4. The molecule has 0 fully saturated rings. The summed E-state index contributed by atoms with van der Waals surface area (Å²) in [4.78, 5) is 111. The van der Waals surface area contributed by atoms with Crippen LogP contribution in [-0.2, 0) is 85.9 Å². The Morgan fingerprint density at radius 1 is 0.423 bits per heavy atom. The minimum Gasteiger partial charge on any atom is -0.359 e. The predicted molar refractivity (Wildman–Crippen MR) is 543 cm³/mol. The zero-order chi connectivity index (χ0) is 93.5. The molecule has 0 bridgehead atoms. The lowest BCUT2D eigenvalue weighted by Gasteiger charge is -2.35. The summed E-state index contributed by atoms with van der Waals surface area (Å²) in [6.45, 7) is 18.2. The quantitative estimate of drug-likeness (QED) is 0.0114. The van der Waals surface area contributed by atoms with E-state index in [4.69, 9.17) is 49.8 Å². The first-order valence-electron chi connectivity index (χ1n) is 50.2. The summed E-state index contributed by atoms with van der Waals surface area (Å²) in [7, 11) is 0. The number of aryl methyl sites for hydroxylation is 5. The molecule has 11 heterocycles. The van der Waals surface area contributed by atoms with Gasteiger partial charge in [0.05, 0.1) is 153 Å². The van der Waals surface area contributed by atoms with E-state index in [0.29, 0.717) is 36.6 Å². The van der Waals surface area contributed by atoms with Crippen molar-refractivity contribution < 1.29 is 14.4 Å². The van der Waals surface area contributed by atoms with Crippen molar-refractivity contribution in [3.63, 3.8) is 0 Å². The fourth-order valence-corrected chi connectivity index (χ4v) is 21.1. The minimum atomic E-state index is 0.0366. The van der Waals surface area contributed by atoms with Gasteiger partial charge >= 0.3 is 0 Å². The van der Waals surface area contributed by atoms with E-state index in [1.165, 1.54) is 113 Å². The van der Waals surface area contributed by atoms with E-state index in [1.807, 2.05) is 116 Å². The van der Waals surface area contributed by atoms with E-state index in [-0.39, 0.29) is 5.91 Å². The molecular weight excluding hydrogens is 1710 g/mol. The average Bonchev–Trinajstić information content (AvgIpc) is 1.66. The first kappa shape index (κ1) is 95.9. The Hall–Kier alpha value is -12.8. The fraction of sp³-hybridized carbons (Fsp3) is 0.418. The van der Waals surface area contributed by atoms with Gasteiger partial charge in [0.1, 0.15) is 35.4 Å². The average molecular weight is 1840 g/mol. The van der Waals surface area contributed by atoms with Crippen LogP contribution in [0.4, 0.5) is 0 Å². The molecule has 0 saturated heterocycles. The van der Waals surface area contributed by atoms with Gasteiger partial charge in [0.2, 0.25) is 12.3 Å². The number of fused-ring (bicyclic) bond motifs is 12. The Kier molecular flexibility index (Phi) is 34.5. The maximum Gasteiger partial charge on any atom is 0.216 e. The highest BCUT2D eigenvalue weighted by Gasteiger charge is 2.35. The number of pyridine rings is 5. The smallest absolute Gasteiger partial charge is 0.216 e. The van der Waals surface area contributed by atoms with Crippen molar-refractivity contribution in [2.45, 2.75) is 237 Å². The third-order valence-corrected chi connectivity index (χ3v) is 27.7. The fourth-order valence-electron chi connectivity index (χ4n) is 21.1. The molecule has 0 spiro atoms. The van der Waals surface area contributed by atoms with Crippen molar-refractivity contribution in [2.24, 2.45) is 4.99 Å². The number of nitrogens with one attached hydrogen (secondary N) is 7. The molecule has 6 aliphatic rings. The van der Waals surface area contributed by atoms with E-state index in [0.717, 1.165) is 292 Å². The molecule has 5 aliphatic carbocycles. The van der Waals surface area contributed by atoms with Gasteiger partial charge in [-0.05, 0) is 319 Å². The number of nitrogens with zero attached hydrogens (tertiary/aromatic N) is 17. The van der Waals surface area contributed by atoms with Gasteiger partial charge in [-0.25, -0.2) is 24.9 Å². The van der Waals surface area contributed by atoms with E-state index < -0.39 is 0 Å². The molecule has 5 atom stereocenters. The number of H-pyrrole nitrogens is 4. The minimum absolute atomic E-state index is 0.0366. The van der Waals surface area contributed by atoms with Crippen molar-refractivity contribution in [2.75, 3.05) is 58.9 Å². The van der Waals surface area contributed by atoms with Gasteiger partial charge in [-0.3, -0.25) is 64.3 Å². The number of para-hydroxylation sites is 10. The summed E-state index contributed by atoms with van der Waals surface area (Å²) in [6.07, 6.45) is 38.8. The number of imidazole rings is 5. The zero-order valence-electron chi connectivity index (χ0n) is 79.6. The first-order valence-corrected chi connectivity index (χ1v) is 50.2. The van der Waals surface area contributed by atoms with Gasteiger partial charge in [0, 0.05) is 64.0 Å². The number of rotatable bonds is 33. The SMILES string of the molecule is C=NCCCCN(Cc1nc2ccccc2[nH]1)[C@H]1CCCc2cccnc21.CC(=O)NCCCCN(Cc1nc2ccccc2[nH]1)[C@H]1CCCc2cccnc21.O=CCCCN(Cc1nc2ccccc2[nH]1)[C@H]1CCCc2cccnc21.O=CNCCCCN(Cc1nc2ccccc2[nH]1)[C@H]1CCCc2cccnc21.c1cnc2c(c1)CCC[C@@H]2N1CCCCNCn2c(nc3ccccc32)C1. The summed E-state index contributed by atoms with van der Waals surface area (Å²) in [5.41, 5.74) is 23.8. The highest BCUT2D eigenvalue weighted by Crippen LogP contribution is 2.41. The number of aliphatic imine (C=N–C) groups is 1. The maximum atomic E-state index is 11.1. The number of hydrogen-bond acceptors (Lipinski definition) is 20. The molecule has 1 aliphatic heterocycles. The molecule has 5 aromatic carbocycles. The van der Waals surface area contributed by atoms with Crippen LogP contribution >= 0.6 is 0 Å². The number of aromatic amines is 4. The Morgan fingerprint density at radius 3 is 1.21 bits per heavy atom. The standard InChI is InChI=1S/C23H29N5O.C22H27N5O.2C22H27N5.C21H24N4O/c1-17(29)24-13-4-5-15-28(16-22-26-19-10-2-3-11-20(19)27-22)21-12-6-8-18-9-7-14-25-23(18)21;28-16-23-12-3-4-14-27(15-21-25-18-9-1-2-10-19(18)26-21)20-11-5-7-17-8-6-13-24-22(17)20;1-2-10-19-18(9-1)25-21-15-26(14-4-3-12-23-16-27(19)21)20-11-5-7-17-8-6-13-24-22(17)20;1-23-13-4-5-15-27(16-21-25-18-10-2-3-11-19(18)26-21)20-12-6-8-17-9-7-14-24-22(17)20;26-14-4-3-13-25(15-20-23-17-9-1-2-10-18(17)24-20)19-11-5-7-16-8-6-12-22-21(16)19/h2-3,7,9-11,14,21H,4-6,8,12-13,15-16H2,1H3,(H,24,29)(H,26,27);1-2,6,8-10,13,16,20H,3-5,7,11-12,14-15H2,(H,23,28)(H,25,26);1-2,6,8-10,13,20,23H,3-5,7,11-12,14-16H2;2-3,7,9-11,14,20H,1,4-6,8,12-13,15-16H2,(H,25,26);1-2,6,8-10,12,14,19H,3-5,7,11,13,15H2,(H,23,24)/t21-;3*20-;19-/m00000/s1. The van der Waals surface area contributed by atoms with Crippen LogP contribution in [0.2, 0.25) is 0 Å². The van der Waals surface area contributed by atoms with Gasteiger partial charge in [-0.1, -0.05) is 91.0 Å². The van der Waals surface area contributed by atoms with Crippen LogP contribution in [0.5, 0.6) is 0 Å². The number of hydrogen-bond donors (Lipinski definition) is 7. The van der Waals surface area contributed by atoms with Crippen LogP contribution in [0, 0.1) is 0 Å².